The van der Waals surface area contributed by atoms with E-state index < -0.39 is 6.03 Å². The first kappa shape index (κ1) is 9.50. The zero-order valence-electron chi connectivity index (χ0n) is 6.97. The molecule has 0 aliphatic carbocycles. The number of nitrogens with zero attached hydrogens (tertiary/aromatic N) is 1. The predicted molar refractivity (Wildman–Crippen MR) is 46.5 cm³/mol. The number of benzene rings is 1. The Morgan fingerprint density at radius 3 is 2.62 bits per heavy atom. The second-order valence-corrected chi connectivity index (χ2v) is 2.52. The number of hydroxylamine groups is 1. The van der Waals surface area contributed by atoms with Gasteiger partial charge >= 0.3 is 6.03 Å². The molecule has 0 saturated heterocycles. The Labute approximate surface area is 75.7 Å². The molecule has 0 aliphatic rings. The van der Waals surface area contributed by atoms with Crippen molar-refractivity contribution >= 4 is 6.03 Å². The lowest BCUT2D eigenvalue weighted by molar-refractivity contribution is -0.130. The van der Waals surface area contributed by atoms with Gasteiger partial charge in [0.1, 0.15) is 0 Å². The number of carbonyl (C=O) groups excluding carboxylic acids is 1. The highest BCUT2D eigenvalue weighted by Crippen LogP contribution is 1.99. The molecule has 0 spiro atoms. The summed E-state index contributed by atoms with van der Waals surface area (Å²) in [4.78, 5) is 10.3. The summed E-state index contributed by atoms with van der Waals surface area (Å²) in [7, 11) is 0. The first-order chi connectivity index (χ1) is 6.18. The molecule has 0 aromatic heterocycles. The highest BCUT2D eigenvalue weighted by Gasteiger charge is 2.02. The van der Waals surface area contributed by atoms with Gasteiger partial charge in [-0.05, 0) is 5.56 Å². The number of nitrogens with two attached hydrogens (primary N) is 1. The molecule has 1 rings (SSSR count). The van der Waals surface area contributed by atoms with Gasteiger partial charge in [-0.1, -0.05) is 35.5 Å². The van der Waals surface area contributed by atoms with Gasteiger partial charge in [0.25, 0.3) is 0 Å². The molecule has 0 fully saturated rings. The minimum atomic E-state index is -0.793. The molecule has 5 nitrogen and oxygen atoms in total. The van der Waals surface area contributed by atoms with Crippen LogP contribution in [0.15, 0.2) is 30.3 Å². The predicted octanol–water partition coefficient (Wildman–Crippen LogP) is 0.461. The van der Waals surface area contributed by atoms with Gasteiger partial charge < -0.3 is 5.73 Å². The second kappa shape index (κ2) is 4.44. The quantitative estimate of drug-likeness (QED) is 0.593. The average molecular weight is 181 g/mol. The monoisotopic (exact) mass is 181 g/mol. The Kier molecular flexibility index (Phi) is 3.24. The van der Waals surface area contributed by atoms with E-state index in [1.807, 2.05) is 35.8 Å². The van der Waals surface area contributed by atoms with E-state index in [0.29, 0.717) is 5.17 Å². The number of amides is 2. The van der Waals surface area contributed by atoms with Gasteiger partial charge in [-0.2, -0.15) is 0 Å². The van der Waals surface area contributed by atoms with Crippen molar-refractivity contribution in [3.05, 3.63) is 35.9 Å². The Balaban J connectivity index is 2.45. The normalized spacial score (nSPS) is 10.0. The minimum absolute atomic E-state index is 0.198. The van der Waals surface area contributed by atoms with Crippen LogP contribution in [0.3, 0.4) is 0 Å². The lowest BCUT2D eigenvalue weighted by Gasteiger charge is -2.13. The third-order valence-electron chi connectivity index (χ3n) is 1.41. The summed E-state index contributed by atoms with van der Waals surface area (Å²) in [5.41, 5.74) is 7.69. The highest BCUT2D eigenvalue weighted by molar-refractivity contribution is 5.70. The molecule has 0 unspecified atom stereocenters. The number of primary amides is 1. The lowest BCUT2D eigenvalue weighted by Crippen LogP contribution is -2.42. The van der Waals surface area contributed by atoms with Crippen molar-refractivity contribution in [2.45, 2.75) is 6.54 Å². The Morgan fingerprint density at radius 1 is 1.46 bits per heavy atom. The average Bonchev–Trinajstić information content (AvgIpc) is 2.04. The lowest BCUT2D eigenvalue weighted by atomic mass is 10.2. The highest BCUT2D eigenvalue weighted by atomic mass is 16.5. The number of carbonyl (C=O) groups is 1. The fraction of sp³-hybridized carbons (Fsp3) is 0.125. The number of hydrazine groups is 1. The van der Waals surface area contributed by atoms with Crippen molar-refractivity contribution in [1.29, 1.82) is 0 Å². The summed E-state index contributed by atoms with van der Waals surface area (Å²) in [6.07, 6.45) is 0. The molecule has 0 saturated carbocycles. The van der Waals surface area contributed by atoms with Crippen LogP contribution in [0.25, 0.3) is 0 Å². The van der Waals surface area contributed by atoms with Gasteiger partial charge in [0.15, 0.2) is 0 Å². The molecular weight excluding hydrogens is 170 g/mol. The van der Waals surface area contributed by atoms with E-state index >= 15 is 0 Å². The van der Waals surface area contributed by atoms with Crippen LogP contribution in [0.2, 0.25) is 0 Å². The molecule has 70 valence electrons. The van der Waals surface area contributed by atoms with Crippen molar-refractivity contribution in [2.75, 3.05) is 0 Å². The van der Waals surface area contributed by atoms with Crippen LogP contribution in [0.5, 0.6) is 0 Å². The molecule has 5 heteroatoms. The van der Waals surface area contributed by atoms with Crippen molar-refractivity contribution in [2.24, 2.45) is 5.73 Å². The van der Waals surface area contributed by atoms with Crippen molar-refractivity contribution < 1.29 is 10.0 Å². The standard InChI is InChI=1S/C8H11N3O2/c9-8(12)10-11(13)6-7-4-2-1-3-5-7/h1-5,13H,6H2,(H3,9,10,12). The van der Waals surface area contributed by atoms with Crippen LogP contribution in [0.1, 0.15) is 5.56 Å². The van der Waals surface area contributed by atoms with Crippen LogP contribution in [-0.4, -0.2) is 16.4 Å². The smallest absolute Gasteiger partial charge is 0.328 e. The molecule has 0 bridgehead atoms. The van der Waals surface area contributed by atoms with Gasteiger partial charge in [-0.15, -0.1) is 0 Å². The zero-order valence-corrected chi connectivity index (χ0v) is 6.97. The Morgan fingerprint density at radius 2 is 2.08 bits per heavy atom. The van der Waals surface area contributed by atoms with Crippen LogP contribution in [0.4, 0.5) is 4.79 Å². The van der Waals surface area contributed by atoms with E-state index in [4.69, 9.17) is 10.9 Å². The number of hydrogen-bond acceptors (Lipinski definition) is 3. The van der Waals surface area contributed by atoms with Gasteiger partial charge in [0, 0.05) is 0 Å². The molecule has 1 aromatic rings. The zero-order chi connectivity index (χ0) is 9.68. The van der Waals surface area contributed by atoms with Crippen LogP contribution in [-0.2, 0) is 6.54 Å². The van der Waals surface area contributed by atoms with Gasteiger partial charge in [0.2, 0.25) is 0 Å². The third kappa shape index (κ3) is 3.55. The van der Waals surface area contributed by atoms with Gasteiger partial charge in [0.05, 0.1) is 6.54 Å². The maximum atomic E-state index is 10.3. The molecule has 4 N–H and O–H groups in total. The maximum Gasteiger partial charge on any atom is 0.328 e. The van der Waals surface area contributed by atoms with Crippen molar-refractivity contribution in [3.8, 4) is 0 Å². The fourth-order valence-electron chi connectivity index (χ4n) is 0.923. The summed E-state index contributed by atoms with van der Waals surface area (Å²) in [6, 6.07) is 8.41. The Bertz CT molecular complexity index is 276. The number of nitrogens with one attached hydrogen (secondary N) is 1. The van der Waals surface area contributed by atoms with Gasteiger partial charge in [-0.3, -0.25) is 5.21 Å². The molecule has 0 heterocycles. The molecule has 0 aliphatic heterocycles. The molecule has 2 amide bonds. The van der Waals surface area contributed by atoms with Crippen LogP contribution in [0, 0.1) is 0 Å². The van der Waals surface area contributed by atoms with E-state index in [1.165, 1.54) is 0 Å². The van der Waals surface area contributed by atoms with Crippen molar-refractivity contribution in [3.63, 3.8) is 0 Å². The second-order valence-electron chi connectivity index (χ2n) is 2.52. The molecule has 0 radical (unpaired) electrons. The first-order valence-electron chi connectivity index (χ1n) is 3.75. The Hall–Kier alpha value is -1.59. The van der Waals surface area contributed by atoms with E-state index in [2.05, 4.69) is 0 Å². The molecule has 1 aromatic carbocycles. The summed E-state index contributed by atoms with van der Waals surface area (Å²) in [5, 5.41) is 9.73. The molecule has 0 atom stereocenters. The minimum Gasteiger partial charge on any atom is -0.350 e. The van der Waals surface area contributed by atoms with E-state index in [9.17, 15) is 4.79 Å². The van der Waals surface area contributed by atoms with Crippen LogP contribution >= 0.6 is 0 Å². The summed E-state index contributed by atoms with van der Waals surface area (Å²) in [6.45, 7) is 0.198. The van der Waals surface area contributed by atoms with Crippen molar-refractivity contribution in [1.82, 2.24) is 10.6 Å². The summed E-state index contributed by atoms with van der Waals surface area (Å²) < 4.78 is 0. The summed E-state index contributed by atoms with van der Waals surface area (Å²) >= 11 is 0. The van der Waals surface area contributed by atoms with E-state index in [0.717, 1.165) is 5.56 Å². The number of urea groups is 1. The molecular formula is C8H11N3O2. The SMILES string of the molecule is NC(=O)NN(O)Cc1ccccc1. The first-order valence-corrected chi connectivity index (χ1v) is 3.75. The van der Waals surface area contributed by atoms with Gasteiger partial charge in [-0.25, -0.2) is 10.2 Å². The van der Waals surface area contributed by atoms with Crippen LogP contribution < -0.4 is 11.2 Å². The number of hydrogen-bond donors (Lipinski definition) is 3. The maximum absolute atomic E-state index is 10.3. The van der Waals surface area contributed by atoms with E-state index in [1.54, 1.807) is 0 Å². The largest absolute Gasteiger partial charge is 0.350 e. The molecule has 13 heavy (non-hydrogen) atoms. The third-order valence-corrected chi connectivity index (χ3v) is 1.41. The fourth-order valence-corrected chi connectivity index (χ4v) is 0.923. The van der Waals surface area contributed by atoms with E-state index in [-0.39, 0.29) is 6.54 Å². The topological polar surface area (TPSA) is 78.6 Å². The summed E-state index contributed by atoms with van der Waals surface area (Å²) in [5.74, 6) is 0. The number of rotatable bonds is 3.